The summed E-state index contributed by atoms with van der Waals surface area (Å²) in [5.41, 5.74) is 1.92. The fourth-order valence-corrected chi connectivity index (χ4v) is 4.41. The molecular formula is C25H25FN9NaO. The van der Waals surface area contributed by atoms with Crippen molar-refractivity contribution in [1.29, 1.82) is 0 Å². The van der Waals surface area contributed by atoms with E-state index in [-0.39, 0.29) is 53.1 Å². The number of hydrogen-bond acceptors (Lipinski definition) is 7. The Morgan fingerprint density at radius 1 is 1.14 bits per heavy atom. The van der Waals surface area contributed by atoms with Gasteiger partial charge in [-0.1, -0.05) is 23.2 Å². The van der Waals surface area contributed by atoms with E-state index < -0.39 is 5.82 Å². The van der Waals surface area contributed by atoms with Crippen molar-refractivity contribution in [3.63, 3.8) is 0 Å². The first-order valence-corrected chi connectivity index (χ1v) is 11.7. The van der Waals surface area contributed by atoms with E-state index in [0.29, 0.717) is 40.8 Å². The van der Waals surface area contributed by atoms with Crippen molar-refractivity contribution in [1.82, 2.24) is 39.8 Å². The van der Waals surface area contributed by atoms with Crippen LogP contribution in [0.25, 0.3) is 28.0 Å². The summed E-state index contributed by atoms with van der Waals surface area (Å²) in [5, 5.41) is 12.4. The first-order chi connectivity index (χ1) is 17.4. The van der Waals surface area contributed by atoms with Crippen LogP contribution in [-0.4, -0.2) is 58.3 Å². The largest absolute Gasteiger partial charge is 1.00 e. The van der Waals surface area contributed by atoms with Crippen LogP contribution in [0, 0.1) is 5.82 Å². The molecule has 0 radical (unpaired) electrons. The van der Waals surface area contributed by atoms with Gasteiger partial charge in [-0.25, -0.2) is 4.39 Å². The van der Waals surface area contributed by atoms with Gasteiger partial charge in [-0.2, -0.15) is 0 Å². The zero-order valence-electron chi connectivity index (χ0n) is 21.2. The first kappa shape index (κ1) is 26.8. The molecule has 12 heteroatoms. The van der Waals surface area contributed by atoms with Gasteiger partial charge in [0, 0.05) is 56.3 Å². The summed E-state index contributed by atoms with van der Waals surface area (Å²) in [6, 6.07) is 6.75. The van der Waals surface area contributed by atoms with Gasteiger partial charge in [0.25, 0.3) is 0 Å². The van der Waals surface area contributed by atoms with Crippen molar-refractivity contribution in [2.75, 3.05) is 6.54 Å². The van der Waals surface area contributed by atoms with Crippen LogP contribution in [0.15, 0.2) is 49.1 Å². The Labute approximate surface area is 236 Å². The molecule has 0 aliphatic carbocycles. The monoisotopic (exact) mass is 509 g/mol. The van der Waals surface area contributed by atoms with Gasteiger partial charge in [-0.15, -0.1) is 5.10 Å². The van der Waals surface area contributed by atoms with Gasteiger partial charge in [0.05, 0.1) is 18.1 Å². The molecule has 0 saturated carbocycles. The summed E-state index contributed by atoms with van der Waals surface area (Å²) in [5.74, 6) is 0.259. The maximum atomic E-state index is 15.4. The van der Waals surface area contributed by atoms with E-state index in [9.17, 15) is 4.79 Å². The number of nitrogens with zero attached hydrogens (tertiary/aromatic N) is 9. The molecule has 3 aromatic heterocycles. The zero-order chi connectivity index (χ0) is 25.2. The molecule has 4 heterocycles. The summed E-state index contributed by atoms with van der Waals surface area (Å²) < 4.78 is 16.9. The van der Waals surface area contributed by atoms with Crippen LogP contribution >= 0.6 is 0 Å². The van der Waals surface area contributed by atoms with E-state index in [1.807, 2.05) is 11.8 Å². The number of benzene rings is 1. The third-order valence-corrected chi connectivity index (χ3v) is 6.30. The van der Waals surface area contributed by atoms with Gasteiger partial charge in [-0.3, -0.25) is 24.4 Å². The number of hydrogen-bond donors (Lipinski definition) is 0. The Morgan fingerprint density at radius 3 is 2.68 bits per heavy atom. The molecule has 184 valence electrons. The number of carbonyl (C=O) groups excluding carboxylic acids is 1. The van der Waals surface area contributed by atoms with Crippen LogP contribution in [0.3, 0.4) is 0 Å². The minimum absolute atomic E-state index is 0. The summed E-state index contributed by atoms with van der Waals surface area (Å²) >= 11 is 0. The quantitative estimate of drug-likeness (QED) is 0.373. The fourth-order valence-electron chi connectivity index (χ4n) is 4.41. The maximum Gasteiger partial charge on any atom is 1.00 e. The van der Waals surface area contributed by atoms with Crippen LogP contribution in [-0.2, 0) is 11.8 Å². The average molecular weight is 510 g/mol. The summed E-state index contributed by atoms with van der Waals surface area (Å²) in [6.45, 7) is 4.13. The molecular weight excluding hydrogens is 484 g/mol. The van der Waals surface area contributed by atoms with Crippen LogP contribution in [0.4, 0.5) is 15.9 Å². The van der Waals surface area contributed by atoms with Crippen molar-refractivity contribution >= 4 is 17.4 Å². The van der Waals surface area contributed by atoms with Gasteiger partial charge in [0.2, 0.25) is 5.91 Å². The summed E-state index contributed by atoms with van der Waals surface area (Å²) in [7, 11) is 1.72. The Balaban J connectivity index is 0.00000320. The molecule has 1 saturated heterocycles. The van der Waals surface area contributed by atoms with Crippen LogP contribution < -0.4 is 29.6 Å². The molecule has 0 bridgehead atoms. The molecule has 1 fully saturated rings. The summed E-state index contributed by atoms with van der Waals surface area (Å²) in [6.07, 6.45) is 8.07. The van der Waals surface area contributed by atoms with E-state index >= 15 is 4.39 Å². The molecule has 0 spiro atoms. The van der Waals surface area contributed by atoms with Crippen LogP contribution in [0.5, 0.6) is 0 Å². The number of carbonyl (C=O) groups is 1. The minimum atomic E-state index is -0.520. The van der Waals surface area contributed by atoms with E-state index in [1.165, 1.54) is 4.68 Å². The normalized spacial score (nSPS) is 17.2. The van der Waals surface area contributed by atoms with E-state index in [2.05, 4.69) is 30.6 Å². The molecule has 0 N–H and O–H groups in total. The van der Waals surface area contributed by atoms with Crippen LogP contribution in [0.1, 0.15) is 38.4 Å². The Morgan fingerprint density at radius 2 is 1.97 bits per heavy atom. The van der Waals surface area contributed by atoms with Gasteiger partial charge in [-0.05, 0) is 37.6 Å². The topological polar surface area (TPSA) is 117 Å². The zero-order valence-corrected chi connectivity index (χ0v) is 23.2. The molecule has 1 aliphatic heterocycles. The van der Waals surface area contributed by atoms with E-state index in [1.54, 1.807) is 63.0 Å². The Kier molecular flexibility index (Phi) is 8.25. The molecule has 0 unspecified atom stereocenters. The third kappa shape index (κ3) is 5.84. The standard InChI is InChI=1S/C25H25FN9O.Na/c1-15-7-8-17(13-35(15)16(2)36)25-30-20(21-12-27-9-10-28-21)11-23(31-25)29-19-6-4-5-18(24(19)26)22-14-34(3)33-32-22;/h4-6,9-12,14-15,17H,7-8,13H2,1-3H3;/q-1;+1/t15-,17+;/m0./s1. The Hall–Kier alpha value is -3.28. The number of halogens is 1. The molecule has 37 heavy (non-hydrogen) atoms. The minimum Gasteiger partial charge on any atom is -0.434 e. The molecule has 5 rings (SSSR count). The fraction of sp³-hybridized carbons (Fsp3) is 0.320. The second-order valence-electron chi connectivity index (χ2n) is 8.88. The smallest absolute Gasteiger partial charge is 0.434 e. The predicted molar refractivity (Wildman–Crippen MR) is 131 cm³/mol. The van der Waals surface area contributed by atoms with Crippen LogP contribution in [0.2, 0.25) is 0 Å². The molecule has 2 atom stereocenters. The number of aryl methyl sites for hydroxylation is 1. The van der Waals surface area contributed by atoms with Gasteiger partial charge in [0.1, 0.15) is 17.2 Å². The average Bonchev–Trinajstić information content (AvgIpc) is 3.31. The molecule has 1 aliphatic rings. The van der Waals surface area contributed by atoms with Crippen molar-refractivity contribution in [3.8, 4) is 22.6 Å². The third-order valence-electron chi connectivity index (χ3n) is 6.30. The number of rotatable bonds is 5. The van der Waals surface area contributed by atoms with E-state index in [0.717, 1.165) is 12.8 Å². The number of piperidine rings is 1. The number of amides is 1. The van der Waals surface area contributed by atoms with E-state index in [4.69, 9.17) is 4.98 Å². The molecule has 1 aromatic carbocycles. The first-order valence-electron chi connectivity index (χ1n) is 11.7. The Bertz CT molecular complexity index is 1400. The maximum absolute atomic E-state index is 15.4. The molecule has 4 aromatic rings. The van der Waals surface area contributed by atoms with Crippen molar-refractivity contribution < 1.29 is 38.7 Å². The van der Waals surface area contributed by atoms with Crippen molar-refractivity contribution in [2.24, 2.45) is 7.05 Å². The van der Waals surface area contributed by atoms with Gasteiger partial charge in [0.15, 0.2) is 0 Å². The van der Waals surface area contributed by atoms with Gasteiger partial charge < -0.3 is 15.2 Å². The second kappa shape index (κ2) is 11.4. The second-order valence-corrected chi connectivity index (χ2v) is 8.88. The predicted octanol–water partition coefficient (Wildman–Crippen LogP) is 1.32. The van der Waals surface area contributed by atoms with Gasteiger partial charge >= 0.3 is 29.6 Å². The van der Waals surface area contributed by atoms with Crippen molar-refractivity contribution in [2.45, 2.75) is 38.6 Å². The number of likely N-dealkylation sites (tertiary alicyclic amines) is 1. The van der Waals surface area contributed by atoms with Crippen molar-refractivity contribution in [3.05, 3.63) is 66.0 Å². The molecule has 1 amide bonds. The number of aromatic nitrogens is 7. The summed E-state index contributed by atoms with van der Waals surface area (Å²) in [4.78, 5) is 31.9. The SMILES string of the molecule is CC(=O)N1C[C@H](c2nc([N-]c3cccc(-c4cn(C)nn4)c3F)cc(-c3cnccn3)n2)CC[C@@H]1C.[Na+]. The molecule has 10 nitrogen and oxygen atoms in total.